The molecule has 0 radical (unpaired) electrons. The summed E-state index contributed by atoms with van der Waals surface area (Å²) in [5.41, 5.74) is 0.755. The van der Waals surface area contributed by atoms with E-state index in [0.29, 0.717) is 4.74 Å². The predicted molar refractivity (Wildman–Crippen MR) is 84.9 cm³/mol. The smallest absolute Gasteiger partial charge is 0.182 e. The first-order valence-corrected chi connectivity index (χ1v) is 7.19. The van der Waals surface area contributed by atoms with Gasteiger partial charge in [0, 0.05) is 5.56 Å². The highest BCUT2D eigenvalue weighted by atomic mass is 16.5. The molecule has 0 spiro atoms. The van der Waals surface area contributed by atoms with E-state index >= 15 is 0 Å². The molecule has 0 amide bonds. The Morgan fingerprint density at radius 2 is 1.87 bits per heavy atom. The number of hydroxylamine groups is 1. The first-order valence-electron chi connectivity index (χ1n) is 7.19. The van der Waals surface area contributed by atoms with Crippen LogP contribution in [0.4, 0.5) is 0 Å². The van der Waals surface area contributed by atoms with Crippen molar-refractivity contribution in [3.05, 3.63) is 53.8 Å². The summed E-state index contributed by atoms with van der Waals surface area (Å²) in [7, 11) is 0. The molecular formula is C16H23NO6. The van der Waals surface area contributed by atoms with Crippen molar-refractivity contribution in [2.24, 2.45) is 0 Å². The molecule has 0 bridgehead atoms. The van der Waals surface area contributed by atoms with Gasteiger partial charge in [-0.25, -0.2) is 4.74 Å². The molecule has 0 unspecified atom stereocenters. The second-order valence-electron chi connectivity index (χ2n) is 5.03. The van der Waals surface area contributed by atoms with Crippen LogP contribution in [0.15, 0.2) is 43.0 Å². The Hall–Kier alpha value is -1.77. The number of aliphatic hydroxyl groups is 4. The molecule has 7 nitrogen and oxygen atoms in total. The number of rotatable bonds is 10. The number of nitrogens with zero attached hydrogens (tertiary/aromatic N) is 1. The highest BCUT2D eigenvalue weighted by Crippen LogP contribution is 2.09. The number of hydrogen-bond acceptors (Lipinski definition) is 6. The van der Waals surface area contributed by atoms with Crippen LogP contribution in [0.3, 0.4) is 0 Å². The molecule has 0 saturated carbocycles. The molecule has 1 rings (SSSR count). The van der Waals surface area contributed by atoms with Gasteiger partial charge in [0.15, 0.2) is 18.9 Å². The lowest BCUT2D eigenvalue weighted by molar-refractivity contribution is -0.473. The van der Waals surface area contributed by atoms with Crippen molar-refractivity contribution in [3.63, 3.8) is 0 Å². The van der Waals surface area contributed by atoms with Gasteiger partial charge in [-0.2, -0.15) is 0 Å². The molecule has 0 aliphatic heterocycles. The highest BCUT2D eigenvalue weighted by molar-refractivity contribution is 5.58. The van der Waals surface area contributed by atoms with E-state index in [2.05, 4.69) is 6.58 Å². The molecule has 0 aliphatic carbocycles. The van der Waals surface area contributed by atoms with Crippen LogP contribution in [-0.4, -0.2) is 69.0 Å². The third-order valence-electron chi connectivity index (χ3n) is 3.16. The van der Waals surface area contributed by atoms with Crippen LogP contribution < -0.4 is 0 Å². The van der Waals surface area contributed by atoms with Gasteiger partial charge in [0.2, 0.25) is 0 Å². The highest BCUT2D eigenvalue weighted by Gasteiger charge is 2.33. The Labute approximate surface area is 135 Å². The lowest BCUT2D eigenvalue weighted by Gasteiger charge is -2.27. The van der Waals surface area contributed by atoms with Gasteiger partial charge in [-0.1, -0.05) is 36.4 Å². The van der Waals surface area contributed by atoms with Crippen molar-refractivity contribution in [2.45, 2.75) is 31.0 Å². The summed E-state index contributed by atoms with van der Waals surface area (Å²) in [5, 5.41) is 50.3. The van der Waals surface area contributed by atoms with Crippen molar-refractivity contribution in [3.8, 4) is 0 Å². The maximum absolute atomic E-state index is 11.9. The lowest BCUT2D eigenvalue weighted by Crippen LogP contribution is -2.48. The van der Waals surface area contributed by atoms with Gasteiger partial charge in [0.25, 0.3) is 0 Å². The third-order valence-corrected chi connectivity index (χ3v) is 3.16. The van der Waals surface area contributed by atoms with E-state index in [4.69, 9.17) is 9.84 Å². The fraction of sp³-hybridized carbons (Fsp3) is 0.438. The monoisotopic (exact) mass is 325 g/mol. The molecule has 128 valence electrons. The van der Waals surface area contributed by atoms with E-state index < -0.39 is 31.0 Å². The molecule has 0 aliphatic rings. The van der Waals surface area contributed by atoms with Crippen molar-refractivity contribution >= 4 is 6.21 Å². The number of aliphatic hydroxyl groups excluding tert-OH is 4. The summed E-state index contributed by atoms with van der Waals surface area (Å²) < 4.78 is 5.72. The van der Waals surface area contributed by atoms with E-state index in [1.54, 1.807) is 24.3 Å². The normalized spacial score (nSPS) is 17.3. The largest absolute Gasteiger partial charge is 0.624 e. The fourth-order valence-corrected chi connectivity index (χ4v) is 1.98. The Bertz CT molecular complexity index is 493. The number of ether oxygens (including phenoxy) is 1. The minimum absolute atomic E-state index is 0.00230. The summed E-state index contributed by atoms with van der Waals surface area (Å²) in [6.07, 6.45) is -3.45. The summed E-state index contributed by atoms with van der Waals surface area (Å²) in [5.74, 6) is 0. The Morgan fingerprint density at radius 3 is 2.43 bits per heavy atom. The quantitative estimate of drug-likeness (QED) is 0.150. The molecule has 7 heteroatoms. The molecule has 4 N–H and O–H groups in total. The predicted octanol–water partition coefficient (Wildman–Crippen LogP) is -0.586. The molecule has 0 saturated heterocycles. The Balaban J connectivity index is 2.79. The molecule has 1 aromatic carbocycles. The zero-order valence-electron chi connectivity index (χ0n) is 12.7. The van der Waals surface area contributed by atoms with Crippen LogP contribution in [0.5, 0.6) is 0 Å². The summed E-state index contributed by atoms with van der Waals surface area (Å²) in [6, 6.07) is 8.93. The fourth-order valence-electron chi connectivity index (χ4n) is 1.98. The minimum Gasteiger partial charge on any atom is -0.624 e. The standard InChI is InChI=1S/C16H23NO6/c1-2-8-23-16(15(21)14(20)11-18)13(19)10-17(22)9-12-6-4-3-5-7-12/h2-7,10,13-16,18-21H,1,8-9,11H2/b17-10-/t13-,14+,15+,16+/m0/s1. The zero-order chi connectivity index (χ0) is 17.2. The van der Waals surface area contributed by atoms with Crippen molar-refractivity contribution in [1.82, 2.24) is 0 Å². The van der Waals surface area contributed by atoms with E-state index in [-0.39, 0.29) is 13.2 Å². The van der Waals surface area contributed by atoms with Gasteiger partial charge in [0.05, 0.1) is 13.2 Å². The van der Waals surface area contributed by atoms with Crippen LogP contribution >= 0.6 is 0 Å². The summed E-state index contributed by atoms with van der Waals surface area (Å²) in [4.78, 5) is 0. The first-order chi connectivity index (χ1) is 11.0. The van der Waals surface area contributed by atoms with Crippen LogP contribution in [0.25, 0.3) is 0 Å². The molecule has 0 aromatic heterocycles. The van der Waals surface area contributed by atoms with Crippen molar-refractivity contribution < 1.29 is 29.9 Å². The maximum atomic E-state index is 11.9. The average molecular weight is 325 g/mol. The summed E-state index contributed by atoms with van der Waals surface area (Å²) >= 11 is 0. The van der Waals surface area contributed by atoms with Gasteiger partial charge in [-0.05, 0) is 0 Å². The van der Waals surface area contributed by atoms with Gasteiger partial charge in [-0.15, -0.1) is 6.58 Å². The van der Waals surface area contributed by atoms with Crippen LogP contribution in [0.1, 0.15) is 5.56 Å². The molecule has 0 fully saturated rings. The Kier molecular flexibility index (Phi) is 8.46. The van der Waals surface area contributed by atoms with Crippen molar-refractivity contribution in [2.75, 3.05) is 13.2 Å². The lowest BCUT2D eigenvalue weighted by atomic mass is 10.0. The van der Waals surface area contributed by atoms with E-state index in [1.165, 1.54) is 6.08 Å². The van der Waals surface area contributed by atoms with Crippen molar-refractivity contribution in [1.29, 1.82) is 0 Å². The van der Waals surface area contributed by atoms with Crippen LogP contribution in [0, 0.1) is 5.21 Å². The molecule has 0 heterocycles. The maximum Gasteiger partial charge on any atom is 0.182 e. The molecule has 1 aromatic rings. The van der Waals surface area contributed by atoms with E-state index in [1.807, 2.05) is 6.07 Å². The third kappa shape index (κ3) is 6.47. The number of hydrogen-bond donors (Lipinski definition) is 4. The van der Waals surface area contributed by atoms with E-state index in [9.17, 15) is 20.5 Å². The molecule has 23 heavy (non-hydrogen) atoms. The van der Waals surface area contributed by atoms with Crippen LogP contribution in [-0.2, 0) is 11.3 Å². The summed E-state index contributed by atoms with van der Waals surface area (Å²) in [6.45, 7) is 2.77. The topological polar surface area (TPSA) is 116 Å². The molecular weight excluding hydrogens is 302 g/mol. The number of benzene rings is 1. The molecule has 4 atom stereocenters. The SMILES string of the molecule is C=CCO[C@@H]([C@H](O)[C@H](O)CO)[C@@H](O)/C=[N+](\[O-])Cc1ccccc1. The van der Waals surface area contributed by atoms with Gasteiger partial charge in [0.1, 0.15) is 18.3 Å². The zero-order valence-corrected chi connectivity index (χ0v) is 12.7. The Morgan fingerprint density at radius 1 is 1.22 bits per heavy atom. The van der Waals surface area contributed by atoms with E-state index in [0.717, 1.165) is 11.8 Å². The average Bonchev–Trinajstić information content (AvgIpc) is 2.54. The minimum atomic E-state index is -1.56. The second-order valence-corrected chi connectivity index (χ2v) is 5.03. The van der Waals surface area contributed by atoms with Gasteiger partial charge < -0.3 is 30.4 Å². The first kappa shape index (κ1) is 19.3. The van der Waals surface area contributed by atoms with Gasteiger partial charge in [-0.3, -0.25) is 0 Å². The van der Waals surface area contributed by atoms with Gasteiger partial charge >= 0.3 is 0 Å². The second kappa shape index (κ2) is 10.1. The van der Waals surface area contributed by atoms with Crippen LogP contribution in [0.2, 0.25) is 0 Å².